The average molecular weight is 372 g/mol. The quantitative estimate of drug-likeness (QED) is 0.735. The molecule has 0 amide bonds. The lowest BCUT2D eigenvalue weighted by molar-refractivity contribution is -0.137. The van der Waals surface area contributed by atoms with E-state index in [1.54, 1.807) is 6.07 Å². The minimum atomic E-state index is -4.49. The van der Waals surface area contributed by atoms with Crippen molar-refractivity contribution in [3.05, 3.63) is 69.6 Å². The fourth-order valence-corrected chi connectivity index (χ4v) is 3.12. The number of allylic oxidation sites excluding steroid dienone is 1. The van der Waals surface area contributed by atoms with E-state index < -0.39 is 26.5 Å². The van der Waals surface area contributed by atoms with Crippen molar-refractivity contribution in [3.8, 4) is 6.07 Å². The summed E-state index contributed by atoms with van der Waals surface area (Å²) < 4.78 is 62.3. The van der Waals surface area contributed by atoms with Gasteiger partial charge in [-0.2, -0.15) is 18.4 Å². The zero-order valence-electron chi connectivity index (χ0n) is 11.9. The highest BCUT2D eigenvalue weighted by Crippen LogP contribution is 2.30. The lowest BCUT2D eigenvalue weighted by atomic mass is 10.1. The Labute approximate surface area is 141 Å². The number of nitrogens with zero attached hydrogens (tertiary/aromatic N) is 1. The number of benzene rings is 2. The minimum Gasteiger partial charge on any atom is -0.218 e. The number of sulfone groups is 1. The van der Waals surface area contributed by atoms with Gasteiger partial charge in [0, 0.05) is 5.02 Å². The molecule has 0 saturated heterocycles. The predicted octanol–water partition coefficient (Wildman–Crippen LogP) is 4.70. The summed E-state index contributed by atoms with van der Waals surface area (Å²) >= 11 is 5.69. The van der Waals surface area contributed by atoms with Crippen LogP contribution in [0.5, 0.6) is 0 Å². The van der Waals surface area contributed by atoms with Crippen LogP contribution in [0.2, 0.25) is 5.02 Å². The highest BCUT2D eigenvalue weighted by molar-refractivity contribution is 7.95. The van der Waals surface area contributed by atoms with Crippen LogP contribution in [-0.4, -0.2) is 8.42 Å². The molecule has 0 spiro atoms. The third-order valence-corrected chi connectivity index (χ3v) is 4.99. The van der Waals surface area contributed by atoms with E-state index in [1.807, 2.05) is 0 Å². The minimum absolute atomic E-state index is 0.133. The fourth-order valence-electron chi connectivity index (χ4n) is 1.83. The van der Waals surface area contributed by atoms with Gasteiger partial charge in [0.15, 0.2) is 0 Å². The van der Waals surface area contributed by atoms with Crippen LogP contribution in [0.3, 0.4) is 0 Å². The molecule has 24 heavy (non-hydrogen) atoms. The molecular formula is C16H9ClF3NO2S. The summed E-state index contributed by atoms with van der Waals surface area (Å²) in [4.78, 5) is -0.712. The highest BCUT2D eigenvalue weighted by Gasteiger charge is 2.30. The van der Waals surface area contributed by atoms with E-state index in [9.17, 15) is 21.6 Å². The Hall–Kier alpha value is -2.30. The van der Waals surface area contributed by atoms with Crippen molar-refractivity contribution in [1.29, 1.82) is 5.26 Å². The maximum absolute atomic E-state index is 12.5. The second kappa shape index (κ2) is 6.67. The van der Waals surface area contributed by atoms with E-state index in [4.69, 9.17) is 16.9 Å². The SMILES string of the molecule is N#C/C(=C\c1ccc(C(F)(F)F)cc1)S(=O)(=O)c1ccc(Cl)cc1. The van der Waals surface area contributed by atoms with Crippen LogP contribution < -0.4 is 0 Å². The second-order valence-corrected chi connectivity index (χ2v) is 7.05. The zero-order valence-corrected chi connectivity index (χ0v) is 13.5. The van der Waals surface area contributed by atoms with Gasteiger partial charge in [-0.05, 0) is 48.0 Å². The van der Waals surface area contributed by atoms with Crippen LogP contribution in [0, 0.1) is 11.3 Å². The number of hydrogen-bond acceptors (Lipinski definition) is 3. The van der Waals surface area contributed by atoms with Crippen LogP contribution in [0.1, 0.15) is 11.1 Å². The number of alkyl halides is 3. The summed E-state index contributed by atoms with van der Waals surface area (Å²) in [6.45, 7) is 0. The molecular weight excluding hydrogens is 363 g/mol. The Morgan fingerprint density at radius 3 is 2.04 bits per heavy atom. The van der Waals surface area contributed by atoms with Crippen molar-refractivity contribution >= 4 is 27.5 Å². The molecule has 2 aromatic carbocycles. The molecule has 8 heteroatoms. The average Bonchev–Trinajstić information content (AvgIpc) is 2.52. The van der Waals surface area contributed by atoms with Crippen LogP contribution in [0.4, 0.5) is 13.2 Å². The van der Waals surface area contributed by atoms with Crippen molar-refractivity contribution in [3.63, 3.8) is 0 Å². The first-order chi connectivity index (χ1) is 11.1. The summed E-state index contributed by atoms with van der Waals surface area (Å²) in [6.07, 6.45) is -3.47. The molecule has 0 radical (unpaired) electrons. The van der Waals surface area contributed by atoms with Gasteiger partial charge in [0.1, 0.15) is 11.0 Å². The molecule has 2 aromatic rings. The molecule has 0 aliphatic heterocycles. The Balaban J connectivity index is 2.42. The van der Waals surface area contributed by atoms with Crippen molar-refractivity contribution in [2.45, 2.75) is 11.1 Å². The van der Waals surface area contributed by atoms with E-state index in [2.05, 4.69) is 0 Å². The van der Waals surface area contributed by atoms with Gasteiger partial charge < -0.3 is 0 Å². The van der Waals surface area contributed by atoms with E-state index in [0.29, 0.717) is 5.02 Å². The third-order valence-electron chi connectivity index (χ3n) is 3.06. The van der Waals surface area contributed by atoms with Gasteiger partial charge in [-0.3, -0.25) is 0 Å². The van der Waals surface area contributed by atoms with E-state index in [0.717, 1.165) is 30.3 Å². The van der Waals surface area contributed by atoms with Crippen molar-refractivity contribution in [2.24, 2.45) is 0 Å². The predicted molar refractivity (Wildman–Crippen MR) is 83.7 cm³/mol. The van der Waals surface area contributed by atoms with Crippen LogP contribution in [-0.2, 0) is 16.0 Å². The number of nitriles is 1. The van der Waals surface area contributed by atoms with Gasteiger partial charge in [-0.15, -0.1) is 0 Å². The van der Waals surface area contributed by atoms with Gasteiger partial charge in [0.2, 0.25) is 9.84 Å². The first-order valence-corrected chi connectivity index (χ1v) is 8.30. The first kappa shape index (κ1) is 18.0. The van der Waals surface area contributed by atoms with Gasteiger partial charge in [-0.25, -0.2) is 8.42 Å². The standard InChI is InChI=1S/C16H9ClF3NO2S/c17-13-5-7-14(8-6-13)24(22,23)15(10-21)9-11-1-3-12(4-2-11)16(18,19)20/h1-9H/b15-9+. The van der Waals surface area contributed by atoms with Gasteiger partial charge in [0.25, 0.3) is 0 Å². The Kier molecular flexibility index (Phi) is 5.02. The van der Waals surface area contributed by atoms with E-state index >= 15 is 0 Å². The molecule has 0 saturated carbocycles. The van der Waals surface area contributed by atoms with Crippen molar-refractivity contribution in [1.82, 2.24) is 0 Å². The Bertz CT molecular complexity index is 910. The molecule has 3 nitrogen and oxygen atoms in total. The maximum atomic E-state index is 12.5. The molecule has 124 valence electrons. The van der Waals surface area contributed by atoms with Crippen LogP contribution >= 0.6 is 11.6 Å². The monoisotopic (exact) mass is 371 g/mol. The zero-order chi connectivity index (χ0) is 18.0. The van der Waals surface area contributed by atoms with Gasteiger partial charge in [0.05, 0.1) is 10.5 Å². The third kappa shape index (κ3) is 3.96. The lowest BCUT2D eigenvalue weighted by Gasteiger charge is -2.07. The molecule has 0 unspecified atom stereocenters. The first-order valence-electron chi connectivity index (χ1n) is 6.44. The summed E-state index contributed by atoms with van der Waals surface area (Å²) in [7, 11) is -4.09. The number of halogens is 4. The summed E-state index contributed by atoms with van der Waals surface area (Å²) in [5.41, 5.74) is -0.698. The molecule has 0 aliphatic rings. The summed E-state index contributed by atoms with van der Waals surface area (Å²) in [5, 5.41) is 9.45. The number of rotatable bonds is 3. The topological polar surface area (TPSA) is 57.9 Å². The summed E-state index contributed by atoms with van der Waals surface area (Å²) in [6, 6.07) is 10.6. The molecule has 0 fully saturated rings. The normalized spacial score (nSPS) is 12.7. The fraction of sp³-hybridized carbons (Fsp3) is 0.0625. The largest absolute Gasteiger partial charge is 0.416 e. The van der Waals surface area contributed by atoms with Crippen LogP contribution in [0.25, 0.3) is 6.08 Å². The van der Waals surface area contributed by atoms with Crippen molar-refractivity contribution in [2.75, 3.05) is 0 Å². The molecule has 0 atom stereocenters. The van der Waals surface area contributed by atoms with E-state index in [1.165, 1.54) is 24.3 Å². The van der Waals surface area contributed by atoms with Crippen LogP contribution in [0.15, 0.2) is 58.3 Å². The second-order valence-electron chi connectivity index (χ2n) is 4.70. The van der Waals surface area contributed by atoms with Crippen molar-refractivity contribution < 1.29 is 21.6 Å². The van der Waals surface area contributed by atoms with E-state index in [-0.39, 0.29) is 10.5 Å². The van der Waals surface area contributed by atoms with Gasteiger partial charge in [-0.1, -0.05) is 23.7 Å². The molecule has 0 bridgehead atoms. The molecule has 0 aromatic heterocycles. The Morgan fingerprint density at radius 1 is 1.04 bits per heavy atom. The number of hydrogen-bond donors (Lipinski definition) is 0. The van der Waals surface area contributed by atoms with Gasteiger partial charge >= 0.3 is 6.18 Å². The molecule has 0 aliphatic carbocycles. The maximum Gasteiger partial charge on any atom is 0.416 e. The lowest BCUT2D eigenvalue weighted by Crippen LogP contribution is -2.05. The summed E-state index contributed by atoms with van der Waals surface area (Å²) in [5.74, 6) is 0. The molecule has 0 heterocycles. The molecule has 2 rings (SSSR count). The highest BCUT2D eigenvalue weighted by atomic mass is 35.5. The Morgan fingerprint density at radius 2 is 1.58 bits per heavy atom. The smallest absolute Gasteiger partial charge is 0.218 e. The molecule has 0 N–H and O–H groups in total.